The molecule has 2 aliphatic rings. The maximum absolute atomic E-state index is 5.21. The summed E-state index contributed by atoms with van der Waals surface area (Å²) in [6, 6.07) is 60.6. The molecule has 0 fully saturated rings. The first-order valence-electron chi connectivity index (χ1n) is 18.2. The second kappa shape index (κ2) is 10.7. The summed E-state index contributed by atoms with van der Waals surface area (Å²) in [5, 5.41) is 5.01. The van der Waals surface area contributed by atoms with Crippen molar-refractivity contribution in [3.8, 4) is 27.9 Å². The van der Waals surface area contributed by atoms with Gasteiger partial charge in [-0.3, -0.25) is 4.57 Å². The molecule has 0 saturated heterocycles. The topological polar surface area (TPSA) is 17.8 Å². The van der Waals surface area contributed by atoms with E-state index in [1.807, 2.05) is 11.3 Å². The first-order valence-corrected chi connectivity index (χ1v) is 19.0. The smallest absolute Gasteiger partial charge is 0.145 e. The zero-order valence-electron chi connectivity index (χ0n) is 28.6. The zero-order chi connectivity index (χ0) is 34.7. The lowest BCUT2D eigenvalue weighted by Gasteiger charge is -2.35. The average molecular weight is 691 g/mol. The molecule has 10 aromatic rings. The van der Waals surface area contributed by atoms with E-state index in [1.54, 1.807) is 0 Å². The third-order valence-corrected chi connectivity index (χ3v) is 12.8. The van der Waals surface area contributed by atoms with Crippen LogP contribution in [0.15, 0.2) is 170 Å². The molecule has 1 atom stereocenters. The van der Waals surface area contributed by atoms with Crippen LogP contribution in [0.4, 0.5) is 0 Å². The van der Waals surface area contributed by atoms with E-state index in [4.69, 9.17) is 4.98 Å². The molecule has 1 spiro atoms. The van der Waals surface area contributed by atoms with Gasteiger partial charge in [-0.1, -0.05) is 127 Å². The summed E-state index contributed by atoms with van der Waals surface area (Å²) in [7, 11) is 0. The summed E-state index contributed by atoms with van der Waals surface area (Å²) >= 11 is 1.89. The summed E-state index contributed by atoms with van der Waals surface area (Å²) in [4.78, 5) is 5.21. The fourth-order valence-electron chi connectivity index (χ4n) is 9.43. The van der Waals surface area contributed by atoms with Gasteiger partial charge < -0.3 is 0 Å². The van der Waals surface area contributed by atoms with Crippen LogP contribution < -0.4 is 0 Å². The van der Waals surface area contributed by atoms with Gasteiger partial charge in [0.05, 0.1) is 10.9 Å². The van der Waals surface area contributed by atoms with Crippen LogP contribution in [0.3, 0.4) is 0 Å². The summed E-state index contributed by atoms with van der Waals surface area (Å²) in [5.41, 5.74) is 15.4. The minimum atomic E-state index is -0.518. The monoisotopic (exact) mass is 690 g/mol. The standard InChI is InChI=1S/C50H30N2S/c1-2-13-35(14-3-1)52-46-20-10-6-16-37(46)41-26-34(30-51-49(41)52)33-25-24-32-23-22-31-12-4-8-18-42(31)50(44(32)27-33)43-19-9-5-15-36(43)39-29-48-40(28-45(39)50)38-17-7-11-21-47(38)53-48/h1-30H. The Hall–Kier alpha value is -6.55. The Morgan fingerprint density at radius 2 is 1.19 bits per heavy atom. The lowest BCUT2D eigenvalue weighted by molar-refractivity contribution is 0.768. The number of para-hydroxylation sites is 2. The Kier molecular flexibility index (Phi) is 5.89. The molecule has 3 heterocycles. The Bertz CT molecular complexity index is 3180. The number of nitrogens with zero attached hydrogens (tertiary/aromatic N) is 2. The number of pyridine rings is 1. The molecule has 12 rings (SSSR count). The van der Waals surface area contributed by atoms with Crippen LogP contribution in [0.1, 0.15) is 33.4 Å². The van der Waals surface area contributed by atoms with E-state index in [0.717, 1.165) is 33.4 Å². The number of rotatable bonds is 2. The van der Waals surface area contributed by atoms with E-state index < -0.39 is 5.41 Å². The fraction of sp³-hybridized carbons (Fsp3) is 0.0200. The van der Waals surface area contributed by atoms with E-state index in [0.29, 0.717) is 0 Å². The minimum Gasteiger partial charge on any atom is -0.294 e. The molecule has 0 amide bonds. The SMILES string of the molecule is C1=Cc2ccc(-c3cnc4c(c3)c3ccccc3n4-c3ccccc3)cc2C2(c3ccccc31)c1ccccc1-c1cc3sc4ccccc4c3cc12. The first-order chi connectivity index (χ1) is 26.3. The third kappa shape index (κ3) is 3.89. The molecule has 0 N–H and O–H groups in total. The van der Waals surface area contributed by atoms with E-state index in [2.05, 4.69) is 187 Å². The number of benzene rings is 7. The van der Waals surface area contributed by atoms with Gasteiger partial charge in [0.15, 0.2) is 0 Å². The maximum Gasteiger partial charge on any atom is 0.145 e. The van der Waals surface area contributed by atoms with Gasteiger partial charge in [-0.2, -0.15) is 0 Å². The molecule has 1 unspecified atom stereocenters. The number of hydrogen-bond acceptors (Lipinski definition) is 2. The van der Waals surface area contributed by atoms with Gasteiger partial charge in [-0.15, -0.1) is 11.3 Å². The molecule has 53 heavy (non-hydrogen) atoms. The van der Waals surface area contributed by atoms with Crippen molar-refractivity contribution in [3.05, 3.63) is 203 Å². The molecule has 0 saturated carbocycles. The van der Waals surface area contributed by atoms with Crippen LogP contribution in [0.5, 0.6) is 0 Å². The highest BCUT2D eigenvalue weighted by Crippen LogP contribution is 2.60. The van der Waals surface area contributed by atoms with Crippen molar-refractivity contribution in [1.82, 2.24) is 9.55 Å². The lowest BCUT2D eigenvalue weighted by Crippen LogP contribution is -2.30. The van der Waals surface area contributed by atoms with Crippen LogP contribution in [0.2, 0.25) is 0 Å². The van der Waals surface area contributed by atoms with Crippen LogP contribution in [0, 0.1) is 0 Å². The maximum atomic E-state index is 5.21. The van der Waals surface area contributed by atoms with Gasteiger partial charge in [-0.25, -0.2) is 4.98 Å². The van der Waals surface area contributed by atoms with Gasteiger partial charge in [-0.05, 0) is 98.6 Å². The highest BCUT2D eigenvalue weighted by molar-refractivity contribution is 7.25. The number of thiophene rings is 1. The minimum absolute atomic E-state index is 0.518. The predicted molar refractivity (Wildman–Crippen MR) is 223 cm³/mol. The molecule has 2 nitrogen and oxygen atoms in total. The Morgan fingerprint density at radius 3 is 2.09 bits per heavy atom. The molecule has 0 aliphatic heterocycles. The van der Waals surface area contributed by atoms with Gasteiger partial charge in [0.2, 0.25) is 0 Å². The number of hydrogen-bond donors (Lipinski definition) is 0. The number of fused-ring (bicyclic) bond motifs is 15. The molecule has 3 heteroatoms. The van der Waals surface area contributed by atoms with Crippen LogP contribution in [0.25, 0.3) is 82.2 Å². The van der Waals surface area contributed by atoms with Crippen molar-refractivity contribution in [1.29, 1.82) is 0 Å². The van der Waals surface area contributed by atoms with Gasteiger partial charge in [0.1, 0.15) is 5.65 Å². The van der Waals surface area contributed by atoms with Crippen LogP contribution in [-0.4, -0.2) is 9.55 Å². The second-order valence-electron chi connectivity index (χ2n) is 14.3. The highest BCUT2D eigenvalue weighted by atomic mass is 32.1. The average Bonchev–Trinajstić information content (AvgIpc) is 3.81. The van der Waals surface area contributed by atoms with Crippen molar-refractivity contribution >= 4 is 65.6 Å². The first kappa shape index (κ1) is 29.1. The molecular weight excluding hydrogens is 661 g/mol. The van der Waals surface area contributed by atoms with E-state index in [9.17, 15) is 0 Å². The summed E-state index contributed by atoms with van der Waals surface area (Å²) in [6.45, 7) is 0. The Morgan fingerprint density at radius 1 is 0.453 bits per heavy atom. The Labute approximate surface area is 310 Å². The van der Waals surface area contributed by atoms with Crippen molar-refractivity contribution in [2.24, 2.45) is 0 Å². The summed E-state index contributed by atoms with van der Waals surface area (Å²) in [6.07, 6.45) is 6.70. The lowest BCUT2D eigenvalue weighted by atomic mass is 9.65. The van der Waals surface area contributed by atoms with Crippen molar-refractivity contribution in [2.45, 2.75) is 5.41 Å². The quantitative estimate of drug-likeness (QED) is 0.177. The van der Waals surface area contributed by atoms with Gasteiger partial charge >= 0.3 is 0 Å². The third-order valence-electron chi connectivity index (χ3n) is 11.7. The summed E-state index contributed by atoms with van der Waals surface area (Å²) < 4.78 is 4.94. The van der Waals surface area contributed by atoms with Crippen molar-refractivity contribution in [3.63, 3.8) is 0 Å². The fourth-order valence-corrected chi connectivity index (χ4v) is 10.6. The molecule has 3 aromatic heterocycles. The molecule has 2 aliphatic carbocycles. The largest absolute Gasteiger partial charge is 0.294 e. The van der Waals surface area contributed by atoms with E-state index >= 15 is 0 Å². The zero-order valence-corrected chi connectivity index (χ0v) is 29.4. The summed E-state index contributed by atoms with van der Waals surface area (Å²) in [5.74, 6) is 0. The Balaban J connectivity index is 1.16. The van der Waals surface area contributed by atoms with Gasteiger partial charge in [0.25, 0.3) is 0 Å². The second-order valence-corrected chi connectivity index (χ2v) is 15.4. The predicted octanol–water partition coefficient (Wildman–Crippen LogP) is 13.1. The molecule has 246 valence electrons. The normalized spacial score (nSPS) is 15.5. The van der Waals surface area contributed by atoms with Crippen LogP contribution >= 0.6 is 11.3 Å². The molecule has 0 bridgehead atoms. The molecule has 0 radical (unpaired) electrons. The number of aromatic nitrogens is 2. The molecule has 7 aromatic carbocycles. The van der Waals surface area contributed by atoms with E-state index in [1.165, 1.54) is 70.1 Å². The highest BCUT2D eigenvalue weighted by Gasteiger charge is 2.48. The van der Waals surface area contributed by atoms with Crippen molar-refractivity contribution < 1.29 is 0 Å². The van der Waals surface area contributed by atoms with Crippen molar-refractivity contribution in [2.75, 3.05) is 0 Å². The van der Waals surface area contributed by atoms with Gasteiger partial charge in [0, 0.05) is 48.4 Å². The van der Waals surface area contributed by atoms with Crippen LogP contribution in [-0.2, 0) is 5.41 Å². The van der Waals surface area contributed by atoms with E-state index in [-0.39, 0.29) is 0 Å². The molecular formula is C50H30N2S.